The molecule has 0 bridgehead atoms. The van der Waals surface area contributed by atoms with Crippen LogP contribution in [0.25, 0.3) is 11.3 Å². The first-order valence-electron chi connectivity index (χ1n) is 9.00. The van der Waals surface area contributed by atoms with Gasteiger partial charge in [0.15, 0.2) is 0 Å². The Kier molecular flexibility index (Phi) is 5.94. The molecular formula is C21H23N3O3S. The molecule has 28 heavy (non-hydrogen) atoms. The standard InChI is InChI=1S/C21H23N3O3S/c1-15(2)14-27-21-11-10-20(22-23-21)17-7-5-8-18(13-17)24-28(25,26)19-9-4-6-16(3)12-19/h4-13,15,24H,14H2,1-3H3. The first-order chi connectivity index (χ1) is 13.3. The number of nitrogens with one attached hydrogen (secondary N) is 1. The zero-order valence-corrected chi connectivity index (χ0v) is 16.9. The molecule has 0 unspecified atom stereocenters. The van der Waals surface area contributed by atoms with Crippen molar-refractivity contribution in [1.82, 2.24) is 10.2 Å². The minimum Gasteiger partial charge on any atom is -0.476 e. The Morgan fingerprint density at radius 2 is 1.79 bits per heavy atom. The van der Waals surface area contributed by atoms with Crippen molar-refractivity contribution in [2.75, 3.05) is 11.3 Å². The van der Waals surface area contributed by atoms with Gasteiger partial charge < -0.3 is 4.74 Å². The van der Waals surface area contributed by atoms with E-state index in [9.17, 15) is 8.42 Å². The number of hydrogen-bond acceptors (Lipinski definition) is 5. The van der Waals surface area contributed by atoms with Gasteiger partial charge >= 0.3 is 0 Å². The van der Waals surface area contributed by atoms with Crippen LogP contribution in [0.3, 0.4) is 0 Å². The van der Waals surface area contributed by atoms with Crippen LogP contribution in [-0.4, -0.2) is 25.2 Å². The second-order valence-electron chi connectivity index (χ2n) is 6.96. The lowest BCUT2D eigenvalue weighted by atomic mass is 10.1. The topological polar surface area (TPSA) is 81.2 Å². The molecule has 0 saturated carbocycles. The average Bonchev–Trinajstić information content (AvgIpc) is 2.67. The summed E-state index contributed by atoms with van der Waals surface area (Å²) in [7, 11) is -3.66. The highest BCUT2D eigenvalue weighted by molar-refractivity contribution is 7.92. The number of rotatable bonds is 7. The van der Waals surface area contributed by atoms with E-state index >= 15 is 0 Å². The maximum atomic E-state index is 12.6. The van der Waals surface area contributed by atoms with Gasteiger partial charge in [-0.05, 0) is 48.7 Å². The SMILES string of the molecule is Cc1cccc(S(=O)(=O)Nc2cccc(-c3ccc(OCC(C)C)nn3)c2)c1. The van der Waals surface area contributed by atoms with Gasteiger partial charge in [-0.3, -0.25) is 4.72 Å². The number of hydrogen-bond donors (Lipinski definition) is 1. The zero-order chi connectivity index (χ0) is 20.1. The van der Waals surface area contributed by atoms with E-state index in [0.717, 1.165) is 11.1 Å². The molecule has 1 heterocycles. The maximum Gasteiger partial charge on any atom is 0.261 e. The Labute approximate surface area is 165 Å². The summed E-state index contributed by atoms with van der Waals surface area (Å²) in [4.78, 5) is 0.226. The highest BCUT2D eigenvalue weighted by atomic mass is 32.2. The second-order valence-corrected chi connectivity index (χ2v) is 8.65. The lowest BCUT2D eigenvalue weighted by Crippen LogP contribution is -2.13. The molecule has 0 atom stereocenters. The lowest BCUT2D eigenvalue weighted by Gasteiger charge is -2.10. The van der Waals surface area contributed by atoms with E-state index in [1.165, 1.54) is 0 Å². The van der Waals surface area contributed by atoms with Crippen molar-refractivity contribution >= 4 is 15.7 Å². The van der Waals surface area contributed by atoms with Crippen LogP contribution >= 0.6 is 0 Å². The van der Waals surface area contributed by atoms with E-state index < -0.39 is 10.0 Å². The average molecular weight is 398 g/mol. The van der Waals surface area contributed by atoms with E-state index in [-0.39, 0.29) is 4.90 Å². The van der Waals surface area contributed by atoms with Crippen LogP contribution < -0.4 is 9.46 Å². The van der Waals surface area contributed by atoms with Crippen molar-refractivity contribution in [2.45, 2.75) is 25.7 Å². The molecule has 1 aromatic heterocycles. The molecule has 7 heteroatoms. The molecule has 2 aromatic carbocycles. The van der Waals surface area contributed by atoms with Gasteiger partial charge in [-0.1, -0.05) is 38.1 Å². The Hall–Kier alpha value is -2.93. The summed E-state index contributed by atoms with van der Waals surface area (Å²) < 4.78 is 33.4. The van der Waals surface area contributed by atoms with E-state index in [0.29, 0.717) is 29.8 Å². The zero-order valence-electron chi connectivity index (χ0n) is 16.1. The van der Waals surface area contributed by atoms with Crippen LogP contribution in [0, 0.1) is 12.8 Å². The van der Waals surface area contributed by atoms with Crippen LogP contribution in [0.5, 0.6) is 5.88 Å². The van der Waals surface area contributed by atoms with Gasteiger partial charge in [0.25, 0.3) is 10.0 Å². The molecule has 3 aromatic rings. The Morgan fingerprint density at radius 3 is 2.46 bits per heavy atom. The van der Waals surface area contributed by atoms with E-state index in [1.54, 1.807) is 48.5 Å². The normalized spacial score (nSPS) is 11.4. The van der Waals surface area contributed by atoms with Crippen LogP contribution in [0.1, 0.15) is 19.4 Å². The molecule has 0 saturated heterocycles. The minimum atomic E-state index is -3.66. The molecule has 0 radical (unpaired) electrons. The van der Waals surface area contributed by atoms with Gasteiger partial charge in [-0.15, -0.1) is 10.2 Å². The Balaban J connectivity index is 1.79. The Morgan fingerprint density at radius 1 is 1.00 bits per heavy atom. The molecule has 6 nitrogen and oxygen atoms in total. The maximum absolute atomic E-state index is 12.6. The minimum absolute atomic E-state index is 0.226. The van der Waals surface area contributed by atoms with Crippen molar-refractivity contribution in [3.05, 3.63) is 66.2 Å². The lowest BCUT2D eigenvalue weighted by molar-refractivity contribution is 0.258. The van der Waals surface area contributed by atoms with Gasteiger partial charge in [-0.2, -0.15) is 0 Å². The summed E-state index contributed by atoms with van der Waals surface area (Å²) in [5, 5.41) is 8.26. The van der Waals surface area contributed by atoms with Crippen molar-refractivity contribution < 1.29 is 13.2 Å². The van der Waals surface area contributed by atoms with Crippen LogP contribution in [0.2, 0.25) is 0 Å². The van der Waals surface area contributed by atoms with E-state index in [4.69, 9.17) is 4.74 Å². The third-order valence-electron chi connectivity index (χ3n) is 3.92. The van der Waals surface area contributed by atoms with E-state index in [2.05, 4.69) is 28.8 Å². The fraction of sp³-hybridized carbons (Fsp3) is 0.238. The number of aromatic nitrogens is 2. The highest BCUT2D eigenvalue weighted by Gasteiger charge is 2.14. The third kappa shape index (κ3) is 5.07. The fourth-order valence-electron chi connectivity index (χ4n) is 2.54. The third-order valence-corrected chi connectivity index (χ3v) is 5.29. The molecule has 3 rings (SSSR count). The van der Waals surface area contributed by atoms with Crippen LogP contribution in [0.4, 0.5) is 5.69 Å². The molecule has 1 N–H and O–H groups in total. The number of benzene rings is 2. The predicted molar refractivity (Wildman–Crippen MR) is 110 cm³/mol. The highest BCUT2D eigenvalue weighted by Crippen LogP contribution is 2.24. The summed E-state index contributed by atoms with van der Waals surface area (Å²) in [5.41, 5.74) is 2.73. The molecular weight excluding hydrogens is 374 g/mol. The molecule has 0 aliphatic carbocycles. The van der Waals surface area contributed by atoms with Gasteiger partial charge in [0.05, 0.1) is 17.2 Å². The predicted octanol–water partition coefficient (Wildman–Crippen LogP) is 4.29. The second kappa shape index (κ2) is 8.39. The van der Waals surface area contributed by atoms with Gasteiger partial charge in [0, 0.05) is 17.3 Å². The largest absolute Gasteiger partial charge is 0.476 e. The summed E-state index contributed by atoms with van der Waals surface area (Å²) in [6.07, 6.45) is 0. The molecule has 0 aliphatic heterocycles. The fourth-order valence-corrected chi connectivity index (χ4v) is 3.70. The molecule has 0 amide bonds. The van der Waals surface area contributed by atoms with E-state index in [1.807, 2.05) is 19.1 Å². The monoisotopic (exact) mass is 397 g/mol. The van der Waals surface area contributed by atoms with Gasteiger partial charge in [0.2, 0.25) is 5.88 Å². The van der Waals surface area contributed by atoms with Crippen LogP contribution in [0.15, 0.2) is 65.6 Å². The van der Waals surface area contributed by atoms with Crippen molar-refractivity contribution in [2.24, 2.45) is 5.92 Å². The summed E-state index contributed by atoms with van der Waals surface area (Å²) in [6, 6.07) is 17.4. The van der Waals surface area contributed by atoms with Crippen molar-refractivity contribution in [3.8, 4) is 17.1 Å². The number of aryl methyl sites for hydroxylation is 1. The van der Waals surface area contributed by atoms with Crippen molar-refractivity contribution in [3.63, 3.8) is 0 Å². The molecule has 0 aliphatic rings. The Bertz CT molecular complexity index is 1050. The summed E-state index contributed by atoms with van der Waals surface area (Å²) in [6.45, 7) is 6.55. The molecule has 146 valence electrons. The number of nitrogens with zero attached hydrogens (tertiary/aromatic N) is 2. The number of sulfonamides is 1. The summed E-state index contributed by atoms with van der Waals surface area (Å²) >= 11 is 0. The summed E-state index contributed by atoms with van der Waals surface area (Å²) in [5.74, 6) is 0.869. The quantitative estimate of drug-likeness (QED) is 0.643. The number of anilines is 1. The molecule has 0 fully saturated rings. The van der Waals surface area contributed by atoms with Gasteiger partial charge in [-0.25, -0.2) is 8.42 Å². The number of ether oxygens (including phenoxy) is 1. The first kappa shape index (κ1) is 19.8. The van der Waals surface area contributed by atoms with Crippen LogP contribution in [-0.2, 0) is 10.0 Å². The van der Waals surface area contributed by atoms with Gasteiger partial charge in [0.1, 0.15) is 0 Å². The van der Waals surface area contributed by atoms with Crippen molar-refractivity contribution in [1.29, 1.82) is 0 Å². The smallest absolute Gasteiger partial charge is 0.261 e. The first-order valence-corrected chi connectivity index (χ1v) is 10.5. The molecule has 0 spiro atoms.